The minimum atomic E-state index is -0.256. The van der Waals surface area contributed by atoms with Gasteiger partial charge in [0.1, 0.15) is 0 Å². The number of amides is 2. The Morgan fingerprint density at radius 2 is 1.24 bits per heavy atom. The van der Waals surface area contributed by atoms with Crippen LogP contribution in [0.3, 0.4) is 0 Å². The first kappa shape index (κ1) is 34.2. The van der Waals surface area contributed by atoms with E-state index in [1.165, 1.54) is 61.8 Å². The molecule has 0 N–H and O–H groups in total. The van der Waals surface area contributed by atoms with Crippen LogP contribution < -0.4 is 9.47 Å². The zero-order valence-electron chi connectivity index (χ0n) is 26.4. The molecule has 6 nitrogen and oxygen atoms in total. The number of carbonyl (C=O) groups excluding carboxylic acids is 2. The number of ether oxygens (including phenoxy) is 2. The molecule has 6 heteroatoms. The molecule has 0 aliphatic carbocycles. The fraction of sp³-hybridized carbons (Fsp3) is 0.600. The highest BCUT2D eigenvalue weighted by Crippen LogP contribution is 2.36. The minimum Gasteiger partial charge on any atom is -0.490 e. The molecule has 0 aliphatic rings. The van der Waals surface area contributed by atoms with Gasteiger partial charge in [0, 0.05) is 27.2 Å². The lowest BCUT2D eigenvalue weighted by atomic mass is 10.0. The van der Waals surface area contributed by atoms with Crippen LogP contribution in [0.5, 0.6) is 11.5 Å². The Labute approximate surface area is 249 Å². The van der Waals surface area contributed by atoms with Crippen LogP contribution in [-0.4, -0.2) is 62.0 Å². The van der Waals surface area contributed by atoms with E-state index in [4.69, 9.17) is 9.47 Å². The number of hydrogen-bond acceptors (Lipinski definition) is 4. The molecule has 0 bridgehead atoms. The van der Waals surface area contributed by atoms with E-state index in [1.54, 1.807) is 31.1 Å². The standard InChI is InChI=1S/C35H54N2O4/c1-6-9-10-11-12-13-14-15-16-20-27-41-33-31(40-28-21-24-29-22-18-17-19-23-29)26-25-30(32(33)35(39)36(4)5)34(38)37(7-2)8-3/h17-19,22-23,25-26H,6-16,20-21,24,27-28H2,1-5H3. The summed E-state index contributed by atoms with van der Waals surface area (Å²) in [6.45, 7) is 8.25. The molecule has 0 heterocycles. The molecule has 0 spiro atoms. The van der Waals surface area contributed by atoms with Gasteiger partial charge >= 0.3 is 0 Å². The van der Waals surface area contributed by atoms with Crippen molar-refractivity contribution >= 4 is 11.8 Å². The average Bonchev–Trinajstić information content (AvgIpc) is 2.98. The predicted octanol–water partition coefficient (Wildman–Crippen LogP) is 8.18. The van der Waals surface area contributed by atoms with Gasteiger partial charge < -0.3 is 19.3 Å². The molecule has 0 aromatic heterocycles. The number of nitrogens with zero attached hydrogens (tertiary/aromatic N) is 2. The van der Waals surface area contributed by atoms with Gasteiger partial charge in [0.25, 0.3) is 11.8 Å². The van der Waals surface area contributed by atoms with E-state index >= 15 is 0 Å². The largest absolute Gasteiger partial charge is 0.490 e. The summed E-state index contributed by atoms with van der Waals surface area (Å²) in [7, 11) is 3.40. The third-order valence-electron chi connectivity index (χ3n) is 7.48. The zero-order chi connectivity index (χ0) is 29.9. The normalized spacial score (nSPS) is 10.9. The number of rotatable bonds is 21. The van der Waals surface area contributed by atoms with Crippen molar-refractivity contribution < 1.29 is 19.1 Å². The summed E-state index contributed by atoms with van der Waals surface area (Å²) in [6, 6.07) is 13.8. The van der Waals surface area contributed by atoms with Crippen molar-refractivity contribution in [2.24, 2.45) is 0 Å². The molecule has 0 saturated carbocycles. The second kappa shape index (κ2) is 20.0. The van der Waals surface area contributed by atoms with Crippen LogP contribution in [0.1, 0.15) is 118 Å². The molecule has 2 aromatic carbocycles. The maximum Gasteiger partial charge on any atom is 0.258 e. The molecule has 2 rings (SSSR count). The Balaban J connectivity index is 2.14. The van der Waals surface area contributed by atoms with E-state index in [2.05, 4.69) is 19.1 Å². The van der Waals surface area contributed by atoms with Crippen LogP contribution in [0.4, 0.5) is 0 Å². The van der Waals surface area contributed by atoms with Crippen molar-refractivity contribution in [2.75, 3.05) is 40.4 Å². The third-order valence-corrected chi connectivity index (χ3v) is 7.48. The first-order chi connectivity index (χ1) is 19.9. The molecular weight excluding hydrogens is 512 g/mol. The van der Waals surface area contributed by atoms with Gasteiger partial charge in [-0.15, -0.1) is 0 Å². The Hall–Kier alpha value is -3.02. The van der Waals surface area contributed by atoms with E-state index in [0.717, 1.165) is 25.7 Å². The number of carbonyl (C=O) groups is 2. The first-order valence-corrected chi connectivity index (χ1v) is 15.9. The van der Waals surface area contributed by atoms with Crippen LogP contribution in [0.25, 0.3) is 0 Å². The molecule has 0 unspecified atom stereocenters. The van der Waals surface area contributed by atoms with E-state index < -0.39 is 0 Å². The van der Waals surface area contributed by atoms with E-state index in [9.17, 15) is 9.59 Å². The number of unbranched alkanes of at least 4 members (excludes halogenated alkanes) is 9. The van der Waals surface area contributed by atoms with Crippen molar-refractivity contribution in [1.29, 1.82) is 0 Å². The van der Waals surface area contributed by atoms with Crippen molar-refractivity contribution in [3.05, 3.63) is 59.2 Å². The summed E-state index contributed by atoms with van der Waals surface area (Å²) in [6.07, 6.45) is 14.1. The summed E-state index contributed by atoms with van der Waals surface area (Å²) in [4.78, 5) is 30.2. The smallest absolute Gasteiger partial charge is 0.258 e. The lowest BCUT2D eigenvalue weighted by molar-refractivity contribution is 0.0750. The van der Waals surface area contributed by atoms with Crippen molar-refractivity contribution in [1.82, 2.24) is 9.80 Å². The van der Waals surface area contributed by atoms with Crippen LogP contribution in [0.15, 0.2) is 42.5 Å². The van der Waals surface area contributed by atoms with Gasteiger partial charge in [-0.25, -0.2) is 0 Å². The second-order valence-electron chi connectivity index (χ2n) is 11.0. The van der Waals surface area contributed by atoms with Crippen molar-refractivity contribution in [3.63, 3.8) is 0 Å². The van der Waals surface area contributed by atoms with Gasteiger partial charge in [-0.2, -0.15) is 0 Å². The maximum absolute atomic E-state index is 13.5. The Morgan fingerprint density at radius 3 is 1.83 bits per heavy atom. The van der Waals surface area contributed by atoms with E-state index in [0.29, 0.717) is 48.9 Å². The van der Waals surface area contributed by atoms with Crippen molar-refractivity contribution in [3.8, 4) is 11.5 Å². The van der Waals surface area contributed by atoms with Gasteiger partial charge in [-0.3, -0.25) is 9.59 Å². The molecule has 228 valence electrons. The molecule has 2 aromatic rings. The predicted molar refractivity (Wildman–Crippen MR) is 169 cm³/mol. The Morgan fingerprint density at radius 1 is 0.659 bits per heavy atom. The molecule has 0 saturated heterocycles. The molecular formula is C35H54N2O4. The first-order valence-electron chi connectivity index (χ1n) is 15.9. The summed E-state index contributed by atoms with van der Waals surface area (Å²) >= 11 is 0. The maximum atomic E-state index is 13.5. The number of aryl methyl sites for hydroxylation is 1. The number of hydrogen-bond donors (Lipinski definition) is 0. The van der Waals surface area contributed by atoms with Crippen LogP contribution in [0.2, 0.25) is 0 Å². The SMILES string of the molecule is CCCCCCCCCCCCOc1c(OCCCc2ccccc2)ccc(C(=O)N(CC)CC)c1C(=O)N(C)C. The van der Waals surface area contributed by atoms with Gasteiger partial charge in [-0.1, -0.05) is 95.0 Å². The van der Waals surface area contributed by atoms with Gasteiger partial charge in [0.15, 0.2) is 11.5 Å². The van der Waals surface area contributed by atoms with Crippen molar-refractivity contribution in [2.45, 2.75) is 97.8 Å². The highest BCUT2D eigenvalue weighted by molar-refractivity contribution is 6.09. The van der Waals surface area contributed by atoms with Crippen LogP contribution >= 0.6 is 0 Å². The van der Waals surface area contributed by atoms with Gasteiger partial charge in [0.05, 0.1) is 24.3 Å². The third kappa shape index (κ3) is 11.8. The topological polar surface area (TPSA) is 59.1 Å². The van der Waals surface area contributed by atoms with E-state index in [1.807, 2.05) is 32.0 Å². The van der Waals surface area contributed by atoms with Crippen LogP contribution in [-0.2, 0) is 6.42 Å². The minimum absolute atomic E-state index is 0.167. The summed E-state index contributed by atoms with van der Waals surface area (Å²) < 4.78 is 12.5. The summed E-state index contributed by atoms with van der Waals surface area (Å²) in [5, 5.41) is 0. The fourth-order valence-corrected chi connectivity index (χ4v) is 4.98. The Bertz CT molecular complexity index is 1020. The molecule has 2 amide bonds. The summed E-state index contributed by atoms with van der Waals surface area (Å²) in [5.41, 5.74) is 1.92. The van der Waals surface area contributed by atoms with Crippen LogP contribution in [0, 0.1) is 0 Å². The lowest BCUT2D eigenvalue weighted by Gasteiger charge is -2.24. The summed E-state index contributed by atoms with van der Waals surface area (Å²) in [5.74, 6) is 0.483. The lowest BCUT2D eigenvalue weighted by Crippen LogP contribution is -2.33. The monoisotopic (exact) mass is 566 g/mol. The average molecular weight is 567 g/mol. The Kier molecular flexibility index (Phi) is 16.6. The number of benzene rings is 2. The van der Waals surface area contributed by atoms with Gasteiger partial charge in [0.2, 0.25) is 0 Å². The second-order valence-corrected chi connectivity index (χ2v) is 11.0. The molecule has 0 radical (unpaired) electrons. The fourth-order valence-electron chi connectivity index (χ4n) is 4.98. The quantitative estimate of drug-likeness (QED) is 0.143. The molecule has 0 aliphatic heterocycles. The molecule has 41 heavy (non-hydrogen) atoms. The molecule has 0 atom stereocenters. The molecule has 0 fully saturated rings. The highest BCUT2D eigenvalue weighted by Gasteiger charge is 2.28. The highest BCUT2D eigenvalue weighted by atomic mass is 16.5. The van der Waals surface area contributed by atoms with Gasteiger partial charge in [-0.05, 0) is 50.8 Å². The zero-order valence-corrected chi connectivity index (χ0v) is 26.4. The van der Waals surface area contributed by atoms with E-state index in [-0.39, 0.29) is 11.8 Å².